The lowest BCUT2D eigenvalue weighted by atomic mass is 9.99. The number of aryl methyl sites for hydroxylation is 1. The highest BCUT2D eigenvalue weighted by atomic mass is 19.1. The van der Waals surface area contributed by atoms with Crippen LogP contribution in [-0.2, 0) is 13.0 Å². The predicted octanol–water partition coefficient (Wildman–Crippen LogP) is 3.81. The molecule has 1 aliphatic heterocycles. The summed E-state index contributed by atoms with van der Waals surface area (Å²) < 4.78 is 13.5. The summed E-state index contributed by atoms with van der Waals surface area (Å²) in [5, 5.41) is 14.3. The lowest BCUT2D eigenvalue weighted by Crippen LogP contribution is -2.34. The average Bonchev–Trinajstić information content (AvgIpc) is 2.57. The lowest BCUT2D eigenvalue weighted by Gasteiger charge is -2.26. The molecule has 0 aliphatic carbocycles. The minimum Gasteiger partial charge on any atom is -0.465 e. The van der Waals surface area contributed by atoms with E-state index < -0.39 is 12.1 Å². The number of rotatable bonds is 2. The summed E-state index contributed by atoms with van der Waals surface area (Å²) in [4.78, 5) is 24.4. The molecule has 0 atom stereocenters. The van der Waals surface area contributed by atoms with Crippen molar-refractivity contribution in [2.75, 3.05) is 17.2 Å². The lowest BCUT2D eigenvalue weighted by molar-refractivity contribution is 0.140. The quantitative estimate of drug-likeness (QED) is 0.775. The van der Waals surface area contributed by atoms with Crippen molar-refractivity contribution in [3.63, 3.8) is 0 Å². The molecule has 2 aromatic rings. The van der Waals surface area contributed by atoms with Crippen molar-refractivity contribution in [1.82, 2.24) is 4.90 Å². The maximum absolute atomic E-state index is 13.5. The highest BCUT2D eigenvalue weighted by molar-refractivity contribution is 5.99. The van der Waals surface area contributed by atoms with Gasteiger partial charge in [-0.3, -0.25) is 0 Å². The van der Waals surface area contributed by atoms with Crippen LogP contribution in [0.4, 0.5) is 25.4 Å². The summed E-state index contributed by atoms with van der Waals surface area (Å²) in [5.74, 6) is -0.380. The summed E-state index contributed by atoms with van der Waals surface area (Å²) in [6, 6.07) is 9.40. The number of carbonyl (C=O) groups excluding carboxylic acids is 1. The van der Waals surface area contributed by atoms with Gasteiger partial charge in [-0.2, -0.15) is 0 Å². The van der Waals surface area contributed by atoms with Gasteiger partial charge in [0.1, 0.15) is 5.82 Å². The van der Waals surface area contributed by atoms with Crippen molar-refractivity contribution >= 4 is 23.5 Å². The molecular weight excluding hydrogens is 325 g/mol. The normalized spacial score (nSPS) is 13.1. The van der Waals surface area contributed by atoms with Gasteiger partial charge in [0.05, 0.1) is 0 Å². The molecule has 3 amide bonds. The number of nitrogens with one attached hydrogen (secondary N) is 2. The van der Waals surface area contributed by atoms with Crippen molar-refractivity contribution in [3.05, 3.63) is 58.9 Å². The first-order valence-electron chi connectivity index (χ1n) is 7.86. The first-order chi connectivity index (χ1) is 11.9. The number of hydrogen-bond acceptors (Lipinski definition) is 2. The van der Waals surface area contributed by atoms with Gasteiger partial charge in [0, 0.05) is 24.5 Å². The number of carbonyl (C=O) groups is 2. The molecule has 1 aliphatic rings. The average molecular weight is 343 g/mol. The molecule has 3 rings (SSSR count). The number of halogens is 1. The van der Waals surface area contributed by atoms with Gasteiger partial charge in [0.2, 0.25) is 0 Å². The molecule has 25 heavy (non-hydrogen) atoms. The van der Waals surface area contributed by atoms with E-state index in [1.807, 2.05) is 12.1 Å². The van der Waals surface area contributed by atoms with Crippen molar-refractivity contribution in [2.45, 2.75) is 19.9 Å². The zero-order valence-electron chi connectivity index (χ0n) is 13.7. The summed E-state index contributed by atoms with van der Waals surface area (Å²) in [6.07, 6.45) is -0.334. The number of anilines is 2. The minimum absolute atomic E-state index is 0.347. The van der Waals surface area contributed by atoms with Crippen LogP contribution in [0.1, 0.15) is 16.7 Å². The van der Waals surface area contributed by atoms with E-state index >= 15 is 0 Å². The Balaban J connectivity index is 1.66. The fraction of sp³-hybridized carbons (Fsp3) is 0.222. The molecule has 0 aromatic heterocycles. The van der Waals surface area contributed by atoms with Crippen LogP contribution >= 0.6 is 0 Å². The van der Waals surface area contributed by atoms with Crippen LogP contribution in [0.2, 0.25) is 0 Å². The number of hydrogen-bond donors (Lipinski definition) is 3. The molecule has 0 radical (unpaired) electrons. The van der Waals surface area contributed by atoms with Gasteiger partial charge in [-0.05, 0) is 54.3 Å². The van der Waals surface area contributed by atoms with Crippen LogP contribution in [0.5, 0.6) is 0 Å². The second kappa shape index (κ2) is 6.80. The summed E-state index contributed by atoms with van der Waals surface area (Å²) in [6.45, 7) is 2.43. The monoisotopic (exact) mass is 343 g/mol. The Kier molecular flexibility index (Phi) is 4.56. The van der Waals surface area contributed by atoms with Crippen molar-refractivity contribution in [2.24, 2.45) is 0 Å². The maximum Gasteiger partial charge on any atom is 0.407 e. The number of fused-ring (bicyclic) bond motifs is 1. The molecular formula is C18H18FN3O3. The largest absolute Gasteiger partial charge is 0.465 e. The Bertz CT molecular complexity index is 838. The van der Waals surface area contributed by atoms with E-state index in [9.17, 15) is 14.0 Å². The number of urea groups is 1. The molecule has 0 saturated carbocycles. The van der Waals surface area contributed by atoms with Crippen LogP contribution in [0.15, 0.2) is 36.4 Å². The molecule has 0 spiro atoms. The molecule has 7 heteroatoms. The molecule has 0 saturated heterocycles. The summed E-state index contributed by atoms with van der Waals surface area (Å²) >= 11 is 0. The molecule has 1 heterocycles. The first kappa shape index (κ1) is 16.8. The molecule has 3 N–H and O–H groups in total. The van der Waals surface area contributed by atoms with E-state index in [4.69, 9.17) is 5.11 Å². The van der Waals surface area contributed by atoms with Gasteiger partial charge < -0.3 is 20.6 Å². The van der Waals surface area contributed by atoms with Crippen LogP contribution in [0.3, 0.4) is 0 Å². The van der Waals surface area contributed by atoms with E-state index in [1.165, 1.54) is 11.0 Å². The van der Waals surface area contributed by atoms with Gasteiger partial charge in [0.15, 0.2) is 0 Å². The smallest absolute Gasteiger partial charge is 0.407 e. The zero-order chi connectivity index (χ0) is 18.0. The van der Waals surface area contributed by atoms with Gasteiger partial charge in [-0.1, -0.05) is 12.1 Å². The molecule has 0 fully saturated rings. The standard InChI is InChI=1S/C18H18FN3O3/c1-11-2-4-15(9-16(11)19)21-17(23)20-14-5-3-13-10-22(18(24)25)7-6-12(13)8-14/h2-5,8-9H,6-7,10H2,1H3,(H,24,25)(H2,20,21,23). The van der Waals surface area contributed by atoms with Crippen molar-refractivity contribution in [1.29, 1.82) is 0 Å². The highest BCUT2D eigenvalue weighted by Crippen LogP contribution is 2.23. The first-order valence-corrected chi connectivity index (χ1v) is 7.86. The Labute approximate surface area is 144 Å². The van der Waals surface area contributed by atoms with Crippen LogP contribution in [-0.4, -0.2) is 28.7 Å². The van der Waals surface area contributed by atoms with Crippen LogP contribution in [0, 0.1) is 12.7 Å². The fourth-order valence-corrected chi connectivity index (χ4v) is 2.76. The topological polar surface area (TPSA) is 81.7 Å². The Hall–Kier alpha value is -3.09. The third-order valence-corrected chi connectivity index (χ3v) is 4.18. The molecule has 0 bridgehead atoms. The maximum atomic E-state index is 13.5. The minimum atomic E-state index is -0.933. The van der Waals surface area contributed by atoms with Gasteiger partial charge in [-0.25, -0.2) is 14.0 Å². The van der Waals surface area contributed by atoms with E-state index in [-0.39, 0.29) is 5.82 Å². The molecule has 6 nitrogen and oxygen atoms in total. The van der Waals surface area contributed by atoms with Crippen molar-refractivity contribution < 1.29 is 19.1 Å². The van der Waals surface area contributed by atoms with E-state index in [1.54, 1.807) is 25.1 Å². The van der Waals surface area contributed by atoms with Crippen LogP contribution in [0.25, 0.3) is 0 Å². The molecule has 2 aromatic carbocycles. The van der Waals surface area contributed by atoms with Crippen molar-refractivity contribution in [3.8, 4) is 0 Å². The third kappa shape index (κ3) is 3.88. The number of amides is 3. The number of benzene rings is 2. The predicted molar refractivity (Wildman–Crippen MR) is 92.4 cm³/mol. The van der Waals surface area contributed by atoms with E-state index in [0.29, 0.717) is 36.4 Å². The fourth-order valence-electron chi connectivity index (χ4n) is 2.76. The second-order valence-corrected chi connectivity index (χ2v) is 5.98. The molecule has 0 unspecified atom stereocenters. The highest BCUT2D eigenvalue weighted by Gasteiger charge is 2.20. The van der Waals surface area contributed by atoms with E-state index in [2.05, 4.69) is 10.6 Å². The zero-order valence-corrected chi connectivity index (χ0v) is 13.7. The van der Waals surface area contributed by atoms with Crippen LogP contribution < -0.4 is 10.6 Å². The molecule has 130 valence electrons. The van der Waals surface area contributed by atoms with Gasteiger partial charge in [-0.15, -0.1) is 0 Å². The van der Waals surface area contributed by atoms with Gasteiger partial charge >= 0.3 is 12.1 Å². The Morgan fingerprint density at radius 2 is 1.76 bits per heavy atom. The number of carboxylic acid groups (broad SMARTS) is 1. The second-order valence-electron chi connectivity index (χ2n) is 5.98. The SMILES string of the molecule is Cc1ccc(NC(=O)Nc2ccc3c(c2)CCN(C(=O)O)C3)cc1F. The van der Waals surface area contributed by atoms with E-state index in [0.717, 1.165) is 11.1 Å². The third-order valence-electron chi connectivity index (χ3n) is 4.18. The number of nitrogens with zero attached hydrogens (tertiary/aromatic N) is 1. The Morgan fingerprint density at radius 1 is 1.08 bits per heavy atom. The Morgan fingerprint density at radius 3 is 2.44 bits per heavy atom. The van der Waals surface area contributed by atoms with Gasteiger partial charge in [0.25, 0.3) is 0 Å². The summed E-state index contributed by atoms with van der Waals surface area (Å²) in [5.41, 5.74) is 3.43. The summed E-state index contributed by atoms with van der Waals surface area (Å²) in [7, 11) is 0.